The number of carbonyl (C=O) groups excluding carboxylic acids is 1. The molecule has 0 amide bonds. The topological polar surface area (TPSA) is 98.5 Å². The molecule has 1 N–H and O–H groups in total. The molecule has 0 bridgehead atoms. The molecular formula is C30H36N6O2. The molecule has 4 aromatic rings. The number of nitrogens with one attached hydrogen (secondary N) is 1. The van der Waals surface area contributed by atoms with Gasteiger partial charge in [0.05, 0.1) is 12.2 Å². The lowest BCUT2D eigenvalue weighted by molar-refractivity contribution is 0.111. The maximum Gasteiger partial charge on any atom is 0.329 e. The van der Waals surface area contributed by atoms with Crippen molar-refractivity contribution in [1.82, 2.24) is 29.8 Å². The Morgan fingerprint density at radius 2 is 1.74 bits per heavy atom. The summed E-state index contributed by atoms with van der Waals surface area (Å²) in [6, 6.07) is 16.2. The van der Waals surface area contributed by atoms with Crippen molar-refractivity contribution in [1.29, 1.82) is 0 Å². The Hall–Kier alpha value is -3.81. The first-order valence-electron chi connectivity index (χ1n) is 13.7. The zero-order valence-electron chi connectivity index (χ0n) is 22.3. The average molecular weight is 513 g/mol. The molecule has 0 unspecified atom stereocenters. The van der Waals surface area contributed by atoms with E-state index in [-0.39, 0.29) is 5.69 Å². The van der Waals surface area contributed by atoms with Gasteiger partial charge in [0.25, 0.3) is 0 Å². The minimum Gasteiger partial charge on any atom is -0.296 e. The number of rotatable bonds is 10. The second-order valence-electron chi connectivity index (χ2n) is 10.9. The van der Waals surface area contributed by atoms with Crippen LogP contribution in [0.15, 0.2) is 53.3 Å². The fourth-order valence-electron chi connectivity index (χ4n) is 5.63. The van der Waals surface area contributed by atoms with Crippen molar-refractivity contribution in [3.05, 3.63) is 76.0 Å². The number of hydrogen-bond acceptors (Lipinski definition) is 5. The fraction of sp³-hybridized carbons (Fsp3) is 0.433. The van der Waals surface area contributed by atoms with E-state index in [1.165, 1.54) is 19.3 Å². The van der Waals surface area contributed by atoms with Crippen molar-refractivity contribution in [2.45, 2.75) is 71.9 Å². The predicted molar refractivity (Wildman–Crippen MR) is 148 cm³/mol. The zero-order valence-corrected chi connectivity index (χ0v) is 22.3. The third-order valence-corrected chi connectivity index (χ3v) is 7.74. The van der Waals surface area contributed by atoms with Crippen molar-refractivity contribution in [3.8, 4) is 22.5 Å². The number of carbonyl (C=O) groups is 1. The molecule has 0 saturated heterocycles. The minimum absolute atomic E-state index is 0.0660. The highest BCUT2D eigenvalue weighted by molar-refractivity contribution is 5.80. The Bertz CT molecular complexity index is 1410. The summed E-state index contributed by atoms with van der Waals surface area (Å²) in [5, 5.41) is 14.3. The Morgan fingerprint density at radius 3 is 2.39 bits per heavy atom. The first-order chi connectivity index (χ1) is 18.5. The van der Waals surface area contributed by atoms with E-state index in [2.05, 4.69) is 58.7 Å². The summed E-state index contributed by atoms with van der Waals surface area (Å²) in [5.41, 5.74) is 5.37. The van der Waals surface area contributed by atoms with Crippen LogP contribution in [0.25, 0.3) is 22.5 Å². The van der Waals surface area contributed by atoms with Gasteiger partial charge in [-0.1, -0.05) is 81.6 Å². The number of aldehydes is 1. The van der Waals surface area contributed by atoms with E-state index in [1.807, 2.05) is 28.8 Å². The van der Waals surface area contributed by atoms with E-state index in [1.54, 1.807) is 4.57 Å². The summed E-state index contributed by atoms with van der Waals surface area (Å²) in [7, 11) is 0. The molecular weight excluding hydrogens is 476 g/mol. The minimum atomic E-state index is -0.0660. The Morgan fingerprint density at radius 1 is 1.00 bits per heavy atom. The van der Waals surface area contributed by atoms with Gasteiger partial charge >= 0.3 is 5.69 Å². The lowest BCUT2D eigenvalue weighted by Gasteiger charge is -2.21. The summed E-state index contributed by atoms with van der Waals surface area (Å²) >= 11 is 0. The first kappa shape index (κ1) is 25.8. The number of aromatic amines is 1. The molecule has 2 aromatic heterocycles. The lowest BCUT2D eigenvalue weighted by atomic mass is 9.89. The van der Waals surface area contributed by atoms with Gasteiger partial charge in [-0.2, -0.15) is 0 Å². The van der Waals surface area contributed by atoms with Gasteiger partial charge in [-0.3, -0.25) is 13.9 Å². The molecule has 1 fully saturated rings. The summed E-state index contributed by atoms with van der Waals surface area (Å²) < 4.78 is 3.59. The number of tetrazole rings is 1. The van der Waals surface area contributed by atoms with Crippen LogP contribution in [-0.2, 0) is 19.5 Å². The van der Waals surface area contributed by atoms with E-state index in [9.17, 15) is 9.59 Å². The Kier molecular flexibility index (Phi) is 7.96. The normalized spacial score (nSPS) is 14.3. The van der Waals surface area contributed by atoms with E-state index in [4.69, 9.17) is 0 Å². The number of hydrogen-bond donors (Lipinski definition) is 1. The molecule has 2 aromatic carbocycles. The van der Waals surface area contributed by atoms with Crippen molar-refractivity contribution in [2.24, 2.45) is 11.8 Å². The molecule has 0 radical (unpaired) electrons. The molecule has 38 heavy (non-hydrogen) atoms. The molecule has 2 heterocycles. The standard InChI is InChI=1S/C30H36N6O2/c1-21(2)12-17-27-28(20-37)36(18-22-8-4-3-5-9-22)30(38)35(27)19-23-13-15-24(16-14-23)25-10-6-7-11-26(25)29-31-33-34-32-29/h6-7,10-11,13-16,20-22H,3-5,8-9,12,17-19H2,1-2H3,(H,31,32,33,34). The maximum atomic E-state index is 13.7. The molecule has 1 aliphatic carbocycles. The van der Waals surface area contributed by atoms with Gasteiger partial charge < -0.3 is 0 Å². The average Bonchev–Trinajstić information content (AvgIpc) is 3.56. The molecule has 5 rings (SSSR count). The molecule has 0 spiro atoms. The maximum absolute atomic E-state index is 13.7. The first-order valence-corrected chi connectivity index (χ1v) is 13.7. The van der Waals surface area contributed by atoms with E-state index in [0.717, 1.165) is 59.9 Å². The van der Waals surface area contributed by atoms with Crippen LogP contribution in [-0.4, -0.2) is 36.0 Å². The highest BCUT2D eigenvalue weighted by atomic mass is 16.2. The van der Waals surface area contributed by atoms with Crippen LogP contribution < -0.4 is 5.69 Å². The Labute approximate surface area is 223 Å². The van der Waals surface area contributed by atoms with Crippen molar-refractivity contribution >= 4 is 6.29 Å². The number of nitrogens with zero attached hydrogens (tertiary/aromatic N) is 5. The highest BCUT2D eigenvalue weighted by Gasteiger charge is 2.23. The van der Waals surface area contributed by atoms with Crippen LogP contribution in [0, 0.1) is 11.8 Å². The molecule has 8 heteroatoms. The molecule has 198 valence electrons. The largest absolute Gasteiger partial charge is 0.329 e. The second-order valence-corrected chi connectivity index (χ2v) is 10.9. The van der Waals surface area contributed by atoms with Gasteiger partial charge in [-0.25, -0.2) is 9.89 Å². The van der Waals surface area contributed by atoms with Crippen molar-refractivity contribution in [2.75, 3.05) is 0 Å². The third kappa shape index (κ3) is 5.54. The van der Waals surface area contributed by atoms with Gasteiger partial charge in [0.15, 0.2) is 12.1 Å². The fourth-order valence-corrected chi connectivity index (χ4v) is 5.63. The van der Waals surface area contributed by atoms with Crippen LogP contribution in [0.2, 0.25) is 0 Å². The van der Waals surface area contributed by atoms with E-state index < -0.39 is 0 Å². The smallest absolute Gasteiger partial charge is 0.296 e. The lowest BCUT2D eigenvalue weighted by Crippen LogP contribution is -2.29. The van der Waals surface area contributed by atoms with Crippen LogP contribution in [0.1, 0.15) is 74.1 Å². The zero-order chi connectivity index (χ0) is 26.5. The Balaban J connectivity index is 1.46. The van der Waals surface area contributed by atoms with Crippen molar-refractivity contribution in [3.63, 3.8) is 0 Å². The molecule has 8 nitrogen and oxygen atoms in total. The number of aromatic nitrogens is 6. The molecule has 0 atom stereocenters. The quantitative estimate of drug-likeness (QED) is 0.282. The predicted octanol–water partition coefficient (Wildman–Crippen LogP) is 5.53. The molecule has 0 aliphatic heterocycles. The SMILES string of the molecule is CC(C)CCc1c(C=O)n(CC2CCCCC2)c(=O)n1Cc1ccc(-c2ccccc2-c2nnn[nH]2)cc1. The summed E-state index contributed by atoms with van der Waals surface area (Å²) in [6.45, 7) is 5.43. The monoisotopic (exact) mass is 512 g/mol. The third-order valence-electron chi connectivity index (χ3n) is 7.74. The second kappa shape index (κ2) is 11.7. The van der Waals surface area contributed by atoms with Gasteiger partial charge in [-0.15, -0.1) is 5.10 Å². The molecule has 1 saturated carbocycles. The highest BCUT2D eigenvalue weighted by Crippen LogP contribution is 2.30. The number of imidazole rings is 1. The van der Waals surface area contributed by atoms with Crippen LogP contribution in [0.4, 0.5) is 0 Å². The van der Waals surface area contributed by atoms with Crippen LogP contribution in [0.5, 0.6) is 0 Å². The number of benzene rings is 2. The summed E-state index contributed by atoms with van der Waals surface area (Å²) in [5.74, 6) is 1.57. The van der Waals surface area contributed by atoms with Gasteiger partial charge in [0.2, 0.25) is 0 Å². The van der Waals surface area contributed by atoms with Gasteiger partial charge in [0, 0.05) is 12.1 Å². The van der Waals surface area contributed by atoms with Gasteiger partial charge in [0.1, 0.15) is 5.69 Å². The summed E-state index contributed by atoms with van der Waals surface area (Å²) in [6.07, 6.45) is 8.49. The summed E-state index contributed by atoms with van der Waals surface area (Å²) in [4.78, 5) is 26.0. The van der Waals surface area contributed by atoms with Crippen LogP contribution >= 0.6 is 0 Å². The van der Waals surface area contributed by atoms with Crippen molar-refractivity contribution < 1.29 is 4.79 Å². The number of H-pyrrole nitrogens is 1. The van der Waals surface area contributed by atoms with E-state index >= 15 is 0 Å². The molecule has 1 aliphatic rings. The van der Waals surface area contributed by atoms with E-state index in [0.29, 0.717) is 36.4 Å². The van der Waals surface area contributed by atoms with Gasteiger partial charge in [-0.05, 0) is 64.6 Å². The van der Waals surface area contributed by atoms with Crippen LogP contribution in [0.3, 0.4) is 0 Å².